The predicted molar refractivity (Wildman–Crippen MR) is 144 cm³/mol. The van der Waals surface area contributed by atoms with Gasteiger partial charge in [-0.3, -0.25) is 9.38 Å². The lowest BCUT2D eigenvalue weighted by Gasteiger charge is -2.41. The zero-order chi connectivity index (χ0) is 26.0. The number of hydrogen-bond acceptors (Lipinski definition) is 3. The summed E-state index contributed by atoms with van der Waals surface area (Å²) >= 11 is 6.50. The number of likely N-dealkylation sites (tertiary alicyclic amines) is 1. The molecule has 0 N–H and O–H groups in total. The highest BCUT2D eigenvalue weighted by atomic mass is 35.5. The maximum Gasteiger partial charge on any atom is 0.415 e. The van der Waals surface area contributed by atoms with Crippen LogP contribution in [0.25, 0.3) is 0 Å². The summed E-state index contributed by atoms with van der Waals surface area (Å²) in [6.45, 7) is 10.7. The molecule has 4 atom stereocenters. The second kappa shape index (κ2) is 7.45. The van der Waals surface area contributed by atoms with Gasteiger partial charge in [-0.05, 0) is 62.3 Å². The Morgan fingerprint density at radius 2 is 1.68 bits per heavy atom. The number of para-hydroxylation sites is 1. The Balaban J connectivity index is 1.23. The molecule has 3 saturated carbocycles. The topological polar surface area (TPSA) is 38.8 Å². The number of rotatable bonds is 5. The molecule has 1 saturated heterocycles. The van der Waals surface area contributed by atoms with Crippen LogP contribution in [0.1, 0.15) is 76.3 Å². The first-order chi connectivity index (χ1) is 17.5. The van der Waals surface area contributed by atoms with Crippen molar-refractivity contribution in [3.05, 3.63) is 58.6 Å². The molecular weight excluding hydrogens is 484 g/mol. The molecule has 4 unspecified atom stereocenters. The lowest BCUT2D eigenvalue weighted by atomic mass is 9.84. The molecule has 0 spiro atoms. The summed E-state index contributed by atoms with van der Waals surface area (Å²) in [5.74, 6) is 2.47. The van der Waals surface area contributed by atoms with E-state index in [0.717, 1.165) is 60.9 Å². The standard InChI is InChI=1S/C31H38ClN2O3/c1-19(2)27(37-28(35)33(30(4)12-13-30)31-17-29(31,3)18-31)34(5)15-23-21-8-6-7-9-25(21)36-26-11-10-20(32)14-22(26)24(23)16-34/h6-11,14,19,23-24,27H,12-13,15-18H2,1-5H3/q+1. The number of quaternary nitrogens is 1. The van der Waals surface area contributed by atoms with E-state index in [1.165, 1.54) is 5.56 Å². The molecular formula is C31H38ClN2O3+. The van der Waals surface area contributed by atoms with Crippen LogP contribution in [0, 0.1) is 11.3 Å². The summed E-state index contributed by atoms with van der Waals surface area (Å²) in [4.78, 5) is 16.1. The minimum Gasteiger partial charge on any atom is -0.457 e. The average molecular weight is 522 g/mol. The van der Waals surface area contributed by atoms with Gasteiger partial charge < -0.3 is 9.47 Å². The fourth-order valence-corrected chi connectivity index (χ4v) is 8.18. The van der Waals surface area contributed by atoms with Gasteiger partial charge in [0, 0.05) is 39.4 Å². The molecule has 2 heterocycles. The third kappa shape index (κ3) is 3.42. The van der Waals surface area contributed by atoms with Crippen molar-refractivity contribution in [3.63, 3.8) is 0 Å². The van der Waals surface area contributed by atoms with E-state index in [1.54, 1.807) is 0 Å². The van der Waals surface area contributed by atoms with Gasteiger partial charge in [0.1, 0.15) is 11.5 Å². The number of fused-ring (bicyclic) bond motifs is 6. The van der Waals surface area contributed by atoms with Gasteiger partial charge in [0.05, 0.1) is 25.7 Å². The molecule has 7 rings (SSSR count). The Morgan fingerprint density at radius 1 is 1.05 bits per heavy atom. The van der Waals surface area contributed by atoms with Crippen LogP contribution in [0.5, 0.6) is 11.5 Å². The zero-order valence-electron chi connectivity index (χ0n) is 22.6. The Morgan fingerprint density at radius 3 is 2.30 bits per heavy atom. The van der Waals surface area contributed by atoms with Crippen LogP contribution in [-0.2, 0) is 4.74 Å². The van der Waals surface area contributed by atoms with Gasteiger partial charge in [0.2, 0.25) is 6.23 Å². The highest BCUT2D eigenvalue weighted by molar-refractivity contribution is 6.30. The van der Waals surface area contributed by atoms with Gasteiger partial charge in [-0.2, -0.15) is 0 Å². The first kappa shape index (κ1) is 23.8. The Labute approximate surface area is 225 Å². The van der Waals surface area contributed by atoms with Gasteiger partial charge >= 0.3 is 6.09 Å². The van der Waals surface area contributed by atoms with Crippen LogP contribution in [0.2, 0.25) is 5.02 Å². The Hall–Kier alpha value is -2.24. The van der Waals surface area contributed by atoms with Crippen LogP contribution in [0.4, 0.5) is 4.79 Å². The zero-order valence-corrected chi connectivity index (χ0v) is 23.3. The molecule has 4 fully saturated rings. The first-order valence-corrected chi connectivity index (χ1v) is 14.3. The normalized spacial score (nSPS) is 36.2. The van der Waals surface area contributed by atoms with E-state index in [1.807, 2.05) is 18.2 Å². The first-order valence-electron chi connectivity index (χ1n) is 13.9. The maximum absolute atomic E-state index is 14.0. The molecule has 5 nitrogen and oxygen atoms in total. The average Bonchev–Trinajstić information content (AvgIpc) is 3.75. The second-order valence-corrected chi connectivity index (χ2v) is 14.1. The van der Waals surface area contributed by atoms with Crippen molar-refractivity contribution in [2.45, 2.75) is 82.5 Å². The van der Waals surface area contributed by atoms with Crippen molar-refractivity contribution in [1.29, 1.82) is 0 Å². The van der Waals surface area contributed by atoms with Gasteiger partial charge in [0.25, 0.3) is 0 Å². The number of nitrogens with zero attached hydrogens (tertiary/aromatic N) is 2. The third-order valence-electron chi connectivity index (χ3n) is 10.4. The van der Waals surface area contributed by atoms with Crippen molar-refractivity contribution >= 4 is 17.7 Å². The Kier molecular flexibility index (Phi) is 4.80. The predicted octanol–water partition coefficient (Wildman–Crippen LogP) is 7.30. The second-order valence-electron chi connectivity index (χ2n) is 13.7. The van der Waals surface area contributed by atoms with Crippen LogP contribution in [0.3, 0.4) is 0 Å². The minimum atomic E-state index is -0.222. The third-order valence-corrected chi connectivity index (χ3v) is 10.6. The number of carbonyl (C=O) groups is 1. The smallest absolute Gasteiger partial charge is 0.415 e. The van der Waals surface area contributed by atoms with Gasteiger partial charge in [0.15, 0.2) is 0 Å². The molecule has 3 aliphatic carbocycles. The molecule has 0 bridgehead atoms. The monoisotopic (exact) mass is 521 g/mol. The van der Waals surface area contributed by atoms with Crippen molar-refractivity contribution in [2.24, 2.45) is 11.3 Å². The fraction of sp³-hybridized carbons (Fsp3) is 0.581. The highest BCUT2D eigenvalue weighted by Gasteiger charge is 2.86. The molecule has 37 heavy (non-hydrogen) atoms. The number of ether oxygens (including phenoxy) is 2. The molecule has 6 heteroatoms. The number of hydrogen-bond donors (Lipinski definition) is 0. The number of likely N-dealkylation sites (N-methyl/N-ethyl adjacent to an activating group) is 1. The maximum atomic E-state index is 14.0. The van der Waals surface area contributed by atoms with Crippen molar-refractivity contribution in [2.75, 3.05) is 20.1 Å². The summed E-state index contributed by atoms with van der Waals surface area (Å²) in [6, 6.07) is 14.4. The summed E-state index contributed by atoms with van der Waals surface area (Å²) < 4.78 is 13.7. The lowest BCUT2D eigenvalue weighted by Crippen LogP contribution is -2.57. The molecule has 196 valence electrons. The van der Waals surface area contributed by atoms with E-state index in [4.69, 9.17) is 21.1 Å². The molecule has 2 aliphatic heterocycles. The number of amides is 1. The van der Waals surface area contributed by atoms with Crippen molar-refractivity contribution in [1.82, 2.24) is 4.90 Å². The van der Waals surface area contributed by atoms with Crippen LogP contribution < -0.4 is 4.74 Å². The summed E-state index contributed by atoms with van der Waals surface area (Å²) in [6.07, 6.45) is 4.09. The molecule has 5 aliphatic rings. The van der Waals surface area contributed by atoms with Gasteiger partial charge in [-0.15, -0.1) is 0 Å². The summed E-state index contributed by atoms with van der Waals surface area (Å²) in [7, 11) is 2.28. The number of benzene rings is 2. The van der Waals surface area contributed by atoms with Gasteiger partial charge in [-0.25, -0.2) is 4.79 Å². The molecule has 0 aromatic heterocycles. The van der Waals surface area contributed by atoms with E-state index in [0.29, 0.717) is 9.90 Å². The SMILES string of the molecule is CC(C)C(OC(=O)N(C1(C)CC1)C12CC1(C)C2)[N+]1(C)CC2c3ccccc3Oc3ccc(Cl)cc3C2C1. The molecule has 1 amide bonds. The quantitative estimate of drug-likeness (QED) is 0.387. The van der Waals surface area contributed by atoms with E-state index in [-0.39, 0.29) is 41.2 Å². The van der Waals surface area contributed by atoms with E-state index < -0.39 is 0 Å². The minimum absolute atomic E-state index is 0.0334. The molecule has 2 aromatic rings. The van der Waals surface area contributed by atoms with Crippen LogP contribution in [-0.4, -0.2) is 52.9 Å². The van der Waals surface area contributed by atoms with Crippen LogP contribution in [0.15, 0.2) is 42.5 Å². The van der Waals surface area contributed by atoms with Crippen molar-refractivity contribution < 1.29 is 18.8 Å². The summed E-state index contributed by atoms with van der Waals surface area (Å²) in [5, 5.41) is 0.726. The Bertz CT molecular complexity index is 1300. The summed E-state index contributed by atoms with van der Waals surface area (Å²) in [5.41, 5.74) is 2.72. The molecule has 0 radical (unpaired) electrons. The van der Waals surface area contributed by atoms with Crippen LogP contribution >= 0.6 is 11.6 Å². The number of carbonyl (C=O) groups excluding carboxylic acids is 1. The fourth-order valence-electron chi connectivity index (χ4n) is 8.00. The van der Waals surface area contributed by atoms with E-state index in [9.17, 15) is 4.79 Å². The highest BCUT2D eigenvalue weighted by Crippen LogP contribution is 2.83. The lowest BCUT2D eigenvalue weighted by molar-refractivity contribution is -0.946. The van der Waals surface area contributed by atoms with Gasteiger partial charge in [-0.1, -0.05) is 50.6 Å². The largest absolute Gasteiger partial charge is 0.457 e. The molecule has 2 aromatic carbocycles. The van der Waals surface area contributed by atoms with E-state index in [2.05, 4.69) is 63.9 Å². The number of halogens is 1. The van der Waals surface area contributed by atoms with E-state index >= 15 is 0 Å². The van der Waals surface area contributed by atoms with Crippen molar-refractivity contribution in [3.8, 4) is 11.5 Å².